The second-order valence-electron chi connectivity index (χ2n) is 4.77. The van der Waals surface area contributed by atoms with E-state index in [1.165, 1.54) is 17.4 Å². The molecule has 0 spiro atoms. The Hall–Kier alpha value is -1.49. The molecule has 0 aliphatic rings. The number of aromatic nitrogens is 1. The van der Waals surface area contributed by atoms with E-state index in [0.29, 0.717) is 22.8 Å². The smallest absolute Gasteiger partial charge is 0.271 e. The number of rotatable bonds is 5. The maximum absolute atomic E-state index is 12.3. The quantitative estimate of drug-likeness (QED) is 0.613. The first kappa shape index (κ1) is 17.3. The highest BCUT2D eigenvalue weighted by atomic mass is 79.9. The molecule has 3 rings (SSSR count). The van der Waals surface area contributed by atoms with Gasteiger partial charge in [-0.05, 0) is 46.3 Å². The van der Waals surface area contributed by atoms with Gasteiger partial charge < -0.3 is 5.32 Å². The Morgan fingerprint density at radius 1 is 1.25 bits per heavy atom. The second-order valence-corrected chi connectivity index (χ2v) is 10.2. The summed E-state index contributed by atoms with van der Waals surface area (Å²) in [6.45, 7) is 1.76. The van der Waals surface area contributed by atoms with Crippen molar-refractivity contribution in [2.24, 2.45) is 0 Å². The standard InChI is InChI=1S/C14H12BrN3O3S3/c1-2-12(19)17-14-16-9-7-8(3-4-10(9)22-14)18-24(20,21)13-6-5-11(15)23-13/h3-7,18H,2H2,1H3,(H,16,17,19). The number of amides is 1. The number of hydrogen-bond acceptors (Lipinski definition) is 6. The Morgan fingerprint density at radius 2 is 2.04 bits per heavy atom. The predicted octanol–water partition coefficient (Wildman–Crippen LogP) is 4.27. The number of nitrogens with one attached hydrogen (secondary N) is 2. The van der Waals surface area contributed by atoms with Gasteiger partial charge in [0.25, 0.3) is 10.0 Å². The number of sulfonamides is 1. The molecule has 10 heteroatoms. The topological polar surface area (TPSA) is 88.2 Å². The molecule has 0 bridgehead atoms. The van der Waals surface area contributed by atoms with Gasteiger partial charge in [-0.1, -0.05) is 18.3 Å². The Morgan fingerprint density at radius 3 is 2.71 bits per heavy atom. The van der Waals surface area contributed by atoms with E-state index in [1.54, 1.807) is 31.2 Å². The minimum atomic E-state index is -3.63. The fraction of sp³-hybridized carbons (Fsp3) is 0.143. The predicted molar refractivity (Wildman–Crippen MR) is 101 cm³/mol. The van der Waals surface area contributed by atoms with Crippen molar-refractivity contribution in [3.05, 3.63) is 34.1 Å². The zero-order valence-corrected chi connectivity index (χ0v) is 16.4. The van der Waals surface area contributed by atoms with Gasteiger partial charge in [-0.25, -0.2) is 13.4 Å². The molecule has 2 heterocycles. The lowest BCUT2D eigenvalue weighted by molar-refractivity contribution is -0.115. The Balaban J connectivity index is 1.86. The number of thiophene rings is 1. The number of anilines is 2. The molecule has 0 aliphatic carbocycles. The highest BCUT2D eigenvalue weighted by Crippen LogP contribution is 2.31. The molecular weight excluding hydrogens is 434 g/mol. The van der Waals surface area contributed by atoms with Crippen LogP contribution in [0.5, 0.6) is 0 Å². The van der Waals surface area contributed by atoms with Crippen LogP contribution in [0.25, 0.3) is 10.2 Å². The molecule has 0 unspecified atom stereocenters. The molecule has 0 saturated heterocycles. The molecule has 0 atom stereocenters. The van der Waals surface area contributed by atoms with Crippen LogP contribution >= 0.6 is 38.6 Å². The number of fused-ring (bicyclic) bond motifs is 1. The lowest BCUT2D eigenvalue weighted by Gasteiger charge is -2.05. The molecule has 1 amide bonds. The van der Waals surface area contributed by atoms with Crippen molar-refractivity contribution in [2.45, 2.75) is 17.6 Å². The molecule has 0 aliphatic heterocycles. The molecule has 0 radical (unpaired) electrons. The van der Waals surface area contributed by atoms with Crippen molar-refractivity contribution < 1.29 is 13.2 Å². The van der Waals surface area contributed by atoms with Crippen LogP contribution in [-0.4, -0.2) is 19.3 Å². The largest absolute Gasteiger partial charge is 0.302 e. The second kappa shape index (κ2) is 6.79. The summed E-state index contributed by atoms with van der Waals surface area (Å²) in [5.41, 5.74) is 1.05. The summed E-state index contributed by atoms with van der Waals surface area (Å²) in [4.78, 5) is 15.7. The maximum Gasteiger partial charge on any atom is 0.271 e. The van der Waals surface area contributed by atoms with Gasteiger partial charge in [-0.15, -0.1) is 11.3 Å². The van der Waals surface area contributed by atoms with Crippen molar-refractivity contribution in [3.8, 4) is 0 Å². The minimum absolute atomic E-state index is 0.113. The Labute approximate surface area is 155 Å². The van der Waals surface area contributed by atoms with E-state index in [9.17, 15) is 13.2 Å². The van der Waals surface area contributed by atoms with Crippen LogP contribution in [0.3, 0.4) is 0 Å². The number of benzene rings is 1. The van der Waals surface area contributed by atoms with Crippen molar-refractivity contribution in [2.75, 3.05) is 10.0 Å². The van der Waals surface area contributed by atoms with Gasteiger partial charge in [-0.3, -0.25) is 9.52 Å². The van der Waals surface area contributed by atoms with Crippen LogP contribution in [-0.2, 0) is 14.8 Å². The average molecular weight is 446 g/mol. The van der Waals surface area contributed by atoms with Crippen LogP contribution in [0, 0.1) is 0 Å². The Bertz CT molecular complexity index is 1010. The molecule has 0 saturated carbocycles. The summed E-state index contributed by atoms with van der Waals surface area (Å²) in [5, 5.41) is 3.20. The summed E-state index contributed by atoms with van der Waals surface area (Å²) < 4.78 is 29.1. The summed E-state index contributed by atoms with van der Waals surface area (Å²) >= 11 is 5.73. The zero-order valence-electron chi connectivity index (χ0n) is 12.4. The fourth-order valence-corrected chi connectivity index (χ4v) is 5.82. The van der Waals surface area contributed by atoms with E-state index < -0.39 is 10.0 Å². The third-order valence-corrected chi connectivity index (χ3v) is 7.47. The first-order valence-corrected chi connectivity index (χ1v) is 10.8. The first-order valence-electron chi connectivity index (χ1n) is 6.86. The van der Waals surface area contributed by atoms with Crippen molar-refractivity contribution >= 4 is 75.6 Å². The monoisotopic (exact) mass is 445 g/mol. The first-order chi connectivity index (χ1) is 11.4. The van der Waals surface area contributed by atoms with E-state index in [2.05, 4.69) is 31.0 Å². The van der Waals surface area contributed by atoms with Crippen LogP contribution in [0.4, 0.5) is 10.8 Å². The number of halogens is 1. The van der Waals surface area contributed by atoms with Gasteiger partial charge in [0.2, 0.25) is 5.91 Å². The van der Waals surface area contributed by atoms with Gasteiger partial charge in [0.05, 0.1) is 19.7 Å². The van der Waals surface area contributed by atoms with Crippen LogP contribution < -0.4 is 10.0 Å². The van der Waals surface area contributed by atoms with Crippen LogP contribution in [0.1, 0.15) is 13.3 Å². The Kier molecular flexibility index (Phi) is 4.90. The van der Waals surface area contributed by atoms with Crippen molar-refractivity contribution in [1.82, 2.24) is 4.98 Å². The molecule has 2 aromatic heterocycles. The third kappa shape index (κ3) is 3.77. The average Bonchev–Trinajstić information content (AvgIpc) is 3.12. The highest BCUT2D eigenvalue weighted by Gasteiger charge is 2.17. The van der Waals surface area contributed by atoms with Gasteiger partial charge in [0, 0.05) is 6.42 Å². The lowest BCUT2D eigenvalue weighted by atomic mass is 10.3. The highest BCUT2D eigenvalue weighted by molar-refractivity contribution is 9.11. The molecule has 24 heavy (non-hydrogen) atoms. The van der Waals surface area contributed by atoms with Crippen LogP contribution in [0.2, 0.25) is 0 Å². The van der Waals surface area contributed by atoms with E-state index in [4.69, 9.17) is 0 Å². The summed E-state index contributed by atoms with van der Waals surface area (Å²) in [6.07, 6.45) is 0.372. The molecule has 2 N–H and O–H groups in total. The number of carbonyl (C=O) groups is 1. The number of hydrogen-bond donors (Lipinski definition) is 2. The molecule has 0 fully saturated rings. The zero-order chi connectivity index (χ0) is 17.3. The van der Waals surface area contributed by atoms with E-state index in [-0.39, 0.29) is 10.1 Å². The fourth-order valence-electron chi connectivity index (χ4n) is 1.90. The molecule has 6 nitrogen and oxygen atoms in total. The molecule has 1 aromatic carbocycles. The number of nitrogens with zero attached hydrogens (tertiary/aromatic N) is 1. The van der Waals surface area contributed by atoms with Gasteiger partial charge in [0.1, 0.15) is 4.21 Å². The van der Waals surface area contributed by atoms with E-state index in [1.807, 2.05) is 0 Å². The third-order valence-electron chi connectivity index (χ3n) is 3.02. The van der Waals surface area contributed by atoms with Crippen molar-refractivity contribution in [3.63, 3.8) is 0 Å². The summed E-state index contributed by atoms with van der Waals surface area (Å²) in [7, 11) is -3.63. The minimum Gasteiger partial charge on any atom is -0.302 e. The number of carbonyl (C=O) groups excluding carboxylic acids is 1. The summed E-state index contributed by atoms with van der Waals surface area (Å²) in [6, 6.07) is 8.32. The van der Waals surface area contributed by atoms with Gasteiger partial charge >= 0.3 is 0 Å². The molecule has 126 valence electrons. The van der Waals surface area contributed by atoms with Crippen molar-refractivity contribution in [1.29, 1.82) is 0 Å². The molecular formula is C14H12BrN3O3S3. The van der Waals surface area contributed by atoms with Crippen LogP contribution in [0.15, 0.2) is 38.3 Å². The van der Waals surface area contributed by atoms with Gasteiger partial charge in [0.15, 0.2) is 5.13 Å². The number of thiazole rings is 1. The maximum atomic E-state index is 12.3. The van der Waals surface area contributed by atoms with E-state index >= 15 is 0 Å². The molecule has 3 aromatic rings. The lowest BCUT2D eigenvalue weighted by Crippen LogP contribution is -2.11. The van der Waals surface area contributed by atoms with Gasteiger partial charge in [-0.2, -0.15) is 0 Å². The van der Waals surface area contributed by atoms with E-state index in [0.717, 1.165) is 19.8 Å². The summed E-state index contributed by atoms with van der Waals surface area (Å²) in [5.74, 6) is -0.113. The SMILES string of the molecule is CCC(=O)Nc1nc2cc(NS(=O)(=O)c3ccc(Br)s3)ccc2s1. The normalized spacial score (nSPS) is 11.6.